The monoisotopic (exact) mass is 244 g/mol. The minimum Gasteiger partial charge on any atom is -0.322 e. The van der Waals surface area contributed by atoms with Crippen LogP contribution in [0.25, 0.3) is 0 Å². The first kappa shape index (κ1) is 13.7. The molecule has 1 aromatic rings. The van der Waals surface area contributed by atoms with Crippen LogP contribution in [0.4, 0.5) is 10.1 Å². The van der Waals surface area contributed by atoms with Crippen LogP contribution in [-0.2, 0) is 4.79 Å². The Balaban J connectivity index is 2.96. The molecule has 0 fully saturated rings. The van der Waals surface area contributed by atoms with Gasteiger partial charge in [0.05, 0.1) is 5.56 Å². The van der Waals surface area contributed by atoms with Gasteiger partial charge in [-0.1, -0.05) is 12.7 Å². The zero-order chi connectivity index (χ0) is 13.7. The molecule has 1 amide bonds. The van der Waals surface area contributed by atoms with Crippen LogP contribution < -0.4 is 5.32 Å². The highest BCUT2D eigenvalue weighted by atomic mass is 19.1. The summed E-state index contributed by atoms with van der Waals surface area (Å²) in [6.07, 6.45) is 1.65. The van der Waals surface area contributed by atoms with Crippen LogP contribution in [0.15, 0.2) is 42.0 Å². The average Bonchev–Trinajstić information content (AvgIpc) is 2.32. The Morgan fingerprint density at radius 1 is 1.56 bits per heavy atom. The van der Waals surface area contributed by atoms with Crippen molar-refractivity contribution < 1.29 is 9.18 Å². The van der Waals surface area contributed by atoms with Crippen LogP contribution in [0.3, 0.4) is 0 Å². The van der Waals surface area contributed by atoms with Gasteiger partial charge in [-0.25, -0.2) is 4.39 Å². The van der Waals surface area contributed by atoms with Crippen molar-refractivity contribution in [1.29, 1.82) is 5.26 Å². The van der Waals surface area contributed by atoms with Crippen molar-refractivity contribution in [2.45, 2.75) is 13.8 Å². The fourth-order valence-corrected chi connectivity index (χ4v) is 1.46. The van der Waals surface area contributed by atoms with E-state index in [0.29, 0.717) is 16.8 Å². The van der Waals surface area contributed by atoms with Crippen LogP contribution in [0.2, 0.25) is 0 Å². The average molecular weight is 244 g/mol. The van der Waals surface area contributed by atoms with Crippen LogP contribution in [0, 0.1) is 17.1 Å². The number of benzene rings is 1. The first-order chi connectivity index (χ1) is 8.49. The molecule has 0 radical (unpaired) electrons. The molecule has 0 heterocycles. The summed E-state index contributed by atoms with van der Waals surface area (Å²) >= 11 is 0. The molecule has 0 aliphatic carbocycles. The quantitative estimate of drug-likeness (QED) is 0.656. The van der Waals surface area contributed by atoms with E-state index >= 15 is 0 Å². The van der Waals surface area contributed by atoms with E-state index < -0.39 is 5.82 Å². The summed E-state index contributed by atoms with van der Waals surface area (Å²) in [6.45, 7) is 7.15. The van der Waals surface area contributed by atoms with Crippen molar-refractivity contribution in [2.75, 3.05) is 5.32 Å². The molecule has 0 aromatic heterocycles. The Morgan fingerprint density at radius 3 is 2.72 bits per heavy atom. The van der Waals surface area contributed by atoms with Crippen LogP contribution in [0.1, 0.15) is 19.4 Å². The first-order valence-electron chi connectivity index (χ1n) is 5.32. The second-order valence-corrected chi connectivity index (χ2v) is 3.74. The molecule has 0 spiro atoms. The third-order valence-electron chi connectivity index (χ3n) is 2.34. The van der Waals surface area contributed by atoms with Crippen molar-refractivity contribution in [1.82, 2.24) is 0 Å². The number of carbonyl (C=O) groups excluding carboxylic acids is 1. The largest absolute Gasteiger partial charge is 0.322 e. The molecule has 0 aliphatic heterocycles. The Morgan fingerprint density at radius 2 is 2.22 bits per heavy atom. The maximum Gasteiger partial charge on any atom is 0.255 e. The van der Waals surface area contributed by atoms with Crippen LogP contribution >= 0.6 is 0 Å². The highest BCUT2D eigenvalue weighted by Gasteiger charge is 2.10. The van der Waals surface area contributed by atoms with Gasteiger partial charge in [-0.15, -0.1) is 0 Å². The Labute approximate surface area is 105 Å². The van der Waals surface area contributed by atoms with Gasteiger partial charge in [-0.3, -0.25) is 4.79 Å². The summed E-state index contributed by atoms with van der Waals surface area (Å²) in [5.74, 6) is -0.942. The molecular formula is C14H13FN2O. The highest BCUT2D eigenvalue weighted by Crippen LogP contribution is 2.16. The summed E-state index contributed by atoms with van der Waals surface area (Å²) in [7, 11) is 0. The van der Waals surface area contributed by atoms with Crippen LogP contribution in [-0.4, -0.2) is 5.91 Å². The number of nitrogens with zero attached hydrogens (tertiary/aromatic N) is 1. The molecule has 3 nitrogen and oxygen atoms in total. The Kier molecular flexibility index (Phi) is 4.39. The number of nitriles is 1. The van der Waals surface area contributed by atoms with Crippen molar-refractivity contribution in [3.8, 4) is 6.07 Å². The number of allylic oxidation sites excluding steroid dienone is 1. The van der Waals surface area contributed by atoms with Crippen LogP contribution in [0.5, 0.6) is 0 Å². The van der Waals surface area contributed by atoms with E-state index in [-0.39, 0.29) is 11.5 Å². The zero-order valence-corrected chi connectivity index (χ0v) is 10.2. The molecule has 18 heavy (non-hydrogen) atoms. The van der Waals surface area contributed by atoms with Gasteiger partial charge in [0, 0.05) is 11.3 Å². The minimum absolute atomic E-state index is 0.106. The smallest absolute Gasteiger partial charge is 0.255 e. The number of hydrogen-bond acceptors (Lipinski definition) is 2. The first-order valence-corrected chi connectivity index (χ1v) is 5.32. The molecule has 0 saturated heterocycles. The zero-order valence-electron chi connectivity index (χ0n) is 10.2. The molecule has 92 valence electrons. The lowest BCUT2D eigenvalue weighted by molar-refractivity contribution is -0.112. The van der Waals surface area contributed by atoms with E-state index in [0.717, 1.165) is 6.07 Å². The van der Waals surface area contributed by atoms with Crippen molar-refractivity contribution >= 4 is 11.6 Å². The number of nitrogens with one attached hydrogen (secondary N) is 1. The van der Waals surface area contributed by atoms with Gasteiger partial charge >= 0.3 is 0 Å². The highest BCUT2D eigenvalue weighted by molar-refractivity contribution is 6.06. The molecule has 1 aromatic carbocycles. The topological polar surface area (TPSA) is 52.9 Å². The van der Waals surface area contributed by atoms with Gasteiger partial charge < -0.3 is 5.32 Å². The standard InChI is InChI=1S/C14H13FN2O/c1-4-12(9(2)3)14(18)17-11-5-6-13(15)10(7-11)8-16/h4-7H,2H2,1,3H3,(H,17,18)/b12-4+. The summed E-state index contributed by atoms with van der Waals surface area (Å²) in [5, 5.41) is 11.3. The molecule has 1 N–H and O–H groups in total. The Hall–Kier alpha value is -2.41. The van der Waals surface area contributed by atoms with E-state index in [4.69, 9.17) is 5.26 Å². The summed E-state index contributed by atoms with van der Waals surface area (Å²) in [6, 6.07) is 5.55. The van der Waals surface area contributed by atoms with E-state index in [1.54, 1.807) is 26.0 Å². The molecule has 1 rings (SSSR count). The summed E-state index contributed by atoms with van der Waals surface area (Å²) in [5.41, 5.74) is 1.36. The second kappa shape index (κ2) is 5.78. The predicted octanol–water partition coefficient (Wildman–Crippen LogP) is 3.16. The number of amides is 1. The SMILES string of the molecule is C=C(C)/C(=C\C)C(=O)Nc1ccc(F)c(C#N)c1. The van der Waals surface area contributed by atoms with Gasteiger partial charge in [0.2, 0.25) is 0 Å². The van der Waals surface area contributed by atoms with Crippen molar-refractivity contribution in [3.63, 3.8) is 0 Å². The van der Waals surface area contributed by atoms with Gasteiger partial charge in [-0.05, 0) is 37.6 Å². The normalized spacial score (nSPS) is 10.7. The van der Waals surface area contributed by atoms with E-state index in [1.807, 2.05) is 0 Å². The minimum atomic E-state index is -0.610. The number of carbonyl (C=O) groups is 1. The molecule has 4 heteroatoms. The molecular weight excluding hydrogens is 231 g/mol. The van der Waals surface area contributed by atoms with Gasteiger partial charge in [0.25, 0.3) is 5.91 Å². The van der Waals surface area contributed by atoms with Crippen molar-refractivity contribution in [2.24, 2.45) is 0 Å². The molecule has 0 saturated carbocycles. The number of rotatable bonds is 3. The lowest BCUT2D eigenvalue weighted by Crippen LogP contribution is -2.15. The van der Waals surface area contributed by atoms with Crippen molar-refractivity contribution in [3.05, 3.63) is 53.4 Å². The molecule has 0 atom stereocenters. The lowest BCUT2D eigenvalue weighted by atomic mass is 10.1. The maximum absolute atomic E-state index is 13.1. The second-order valence-electron chi connectivity index (χ2n) is 3.74. The van der Waals surface area contributed by atoms with E-state index in [2.05, 4.69) is 11.9 Å². The number of anilines is 1. The van der Waals surface area contributed by atoms with Gasteiger partial charge in [-0.2, -0.15) is 5.26 Å². The molecule has 0 bridgehead atoms. The lowest BCUT2D eigenvalue weighted by Gasteiger charge is -2.08. The Bertz CT molecular complexity index is 568. The number of halogens is 1. The van der Waals surface area contributed by atoms with Gasteiger partial charge in [0.15, 0.2) is 0 Å². The number of hydrogen-bond donors (Lipinski definition) is 1. The van der Waals surface area contributed by atoms with E-state index in [1.165, 1.54) is 12.1 Å². The third kappa shape index (κ3) is 3.05. The summed E-state index contributed by atoms with van der Waals surface area (Å²) in [4.78, 5) is 11.9. The summed E-state index contributed by atoms with van der Waals surface area (Å²) < 4.78 is 13.1. The third-order valence-corrected chi connectivity index (χ3v) is 2.34. The fraction of sp³-hybridized carbons (Fsp3) is 0.143. The van der Waals surface area contributed by atoms with Gasteiger partial charge in [0.1, 0.15) is 11.9 Å². The fourth-order valence-electron chi connectivity index (χ4n) is 1.46. The molecule has 0 unspecified atom stereocenters. The van der Waals surface area contributed by atoms with E-state index in [9.17, 15) is 9.18 Å². The maximum atomic E-state index is 13.1. The molecule has 0 aliphatic rings. The predicted molar refractivity (Wildman–Crippen MR) is 68.3 cm³/mol.